The van der Waals surface area contributed by atoms with E-state index in [0.29, 0.717) is 5.69 Å². The highest BCUT2D eigenvalue weighted by Gasteiger charge is 2.44. The van der Waals surface area contributed by atoms with Gasteiger partial charge in [-0.15, -0.1) is 0 Å². The Kier molecular flexibility index (Phi) is 2.78. The van der Waals surface area contributed by atoms with Gasteiger partial charge in [-0.2, -0.15) is 0 Å². The van der Waals surface area contributed by atoms with Crippen LogP contribution in [0.25, 0.3) is 0 Å². The molecule has 0 N–H and O–H groups in total. The van der Waals surface area contributed by atoms with Crippen LogP contribution in [-0.2, 0) is 9.53 Å². The normalized spacial score (nSPS) is 27.7. The number of ether oxygens (including phenoxy) is 1. The number of fused-ring (bicyclic) bond motifs is 1. The number of carbonyl (C=O) groups excluding carboxylic acids is 2. The first kappa shape index (κ1) is 11.3. The number of hydrogen-bond acceptors (Lipinski definition) is 3. The molecule has 1 aliphatic heterocycles. The van der Waals surface area contributed by atoms with Crippen molar-refractivity contribution in [1.29, 1.82) is 0 Å². The summed E-state index contributed by atoms with van der Waals surface area (Å²) in [5, 5.41) is 0. The van der Waals surface area contributed by atoms with Crippen molar-refractivity contribution < 1.29 is 14.3 Å². The Morgan fingerprint density at radius 3 is 2.56 bits per heavy atom. The Morgan fingerprint density at radius 1 is 1.06 bits per heavy atom. The van der Waals surface area contributed by atoms with E-state index in [2.05, 4.69) is 0 Å². The Balaban J connectivity index is 1.91. The van der Waals surface area contributed by atoms with Crippen molar-refractivity contribution in [3.63, 3.8) is 0 Å². The Hall–Kier alpha value is -1.84. The van der Waals surface area contributed by atoms with Crippen LogP contribution >= 0.6 is 0 Å². The van der Waals surface area contributed by atoms with E-state index in [4.69, 9.17) is 4.74 Å². The zero-order valence-electron chi connectivity index (χ0n) is 10.0. The Bertz CT molecular complexity index is 471. The fourth-order valence-corrected chi connectivity index (χ4v) is 2.77. The summed E-state index contributed by atoms with van der Waals surface area (Å²) in [5.74, 6) is -0.265. The van der Waals surface area contributed by atoms with Crippen molar-refractivity contribution in [2.75, 3.05) is 4.90 Å². The molecule has 4 nitrogen and oxygen atoms in total. The van der Waals surface area contributed by atoms with Gasteiger partial charge < -0.3 is 4.74 Å². The number of rotatable bonds is 1. The van der Waals surface area contributed by atoms with Gasteiger partial charge in [-0.25, -0.2) is 9.69 Å². The standard InChI is InChI=1S/C14H15NO3/c16-13-11-8-4-5-9-12(11)18-14(17)15(13)10-6-2-1-3-7-10/h1-3,6-7,11-12H,4-5,8-9H2. The lowest BCUT2D eigenvalue weighted by atomic mass is 9.84. The van der Waals surface area contributed by atoms with E-state index < -0.39 is 6.09 Å². The van der Waals surface area contributed by atoms with E-state index >= 15 is 0 Å². The molecule has 1 aliphatic carbocycles. The molecule has 2 aliphatic rings. The molecule has 2 unspecified atom stereocenters. The number of anilines is 1. The lowest BCUT2D eigenvalue weighted by molar-refractivity contribution is -0.130. The predicted octanol–water partition coefficient (Wildman–Crippen LogP) is 2.73. The molecular formula is C14H15NO3. The number of imide groups is 1. The summed E-state index contributed by atoms with van der Waals surface area (Å²) in [6.07, 6.45) is 2.96. The molecule has 1 aromatic carbocycles. The van der Waals surface area contributed by atoms with Crippen LogP contribution < -0.4 is 4.90 Å². The minimum Gasteiger partial charge on any atom is -0.445 e. The van der Waals surface area contributed by atoms with E-state index in [1.165, 1.54) is 4.90 Å². The minimum atomic E-state index is -0.533. The second-order valence-corrected chi connectivity index (χ2v) is 4.82. The number of hydrogen-bond donors (Lipinski definition) is 0. The fraction of sp³-hybridized carbons (Fsp3) is 0.429. The smallest absolute Gasteiger partial charge is 0.421 e. The van der Waals surface area contributed by atoms with Gasteiger partial charge in [0.25, 0.3) is 0 Å². The number of nitrogens with zero attached hydrogens (tertiary/aromatic N) is 1. The van der Waals surface area contributed by atoms with Crippen LogP contribution in [0.4, 0.5) is 10.5 Å². The maximum atomic E-state index is 12.4. The highest BCUT2D eigenvalue weighted by atomic mass is 16.6. The third-order valence-corrected chi connectivity index (χ3v) is 3.69. The van der Waals surface area contributed by atoms with Crippen LogP contribution in [0.1, 0.15) is 25.7 Å². The number of benzene rings is 1. The van der Waals surface area contributed by atoms with Crippen LogP contribution in [0.2, 0.25) is 0 Å². The van der Waals surface area contributed by atoms with E-state index in [1.807, 2.05) is 18.2 Å². The molecule has 1 saturated heterocycles. The van der Waals surface area contributed by atoms with Crippen molar-refractivity contribution in [2.24, 2.45) is 5.92 Å². The van der Waals surface area contributed by atoms with Crippen molar-refractivity contribution >= 4 is 17.7 Å². The second-order valence-electron chi connectivity index (χ2n) is 4.82. The SMILES string of the molecule is O=C1OC2CCCCC2C(=O)N1c1ccccc1. The van der Waals surface area contributed by atoms with Crippen molar-refractivity contribution in [3.05, 3.63) is 30.3 Å². The first-order valence-electron chi connectivity index (χ1n) is 6.37. The molecular weight excluding hydrogens is 230 g/mol. The minimum absolute atomic E-state index is 0.109. The maximum Gasteiger partial charge on any atom is 0.421 e. The molecule has 2 fully saturated rings. The topological polar surface area (TPSA) is 46.6 Å². The second kappa shape index (κ2) is 4.44. The van der Waals surface area contributed by atoms with Gasteiger partial charge in [0.2, 0.25) is 5.91 Å². The van der Waals surface area contributed by atoms with Gasteiger partial charge in [-0.1, -0.05) is 24.6 Å². The lowest BCUT2D eigenvalue weighted by Gasteiger charge is -2.38. The molecule has 3 rings (SSSR count). The van der Waals surface area contributed by atoms with Gasteiger partial charge >= 0.3 is 6.09 Å². The molecule has 0 bridgehead atoms. The third-order valence-electron chi connectivity index (χ3n) is 3.69. The van der Waals surface area contributed by atoms with Crippen LogP contribution in [0.3, 0.4) is 0 Å². The molecule has 1 saturated carbocycles. The summed E-state index contributed by atoms with van der Waals surface area (Å²) < 4.78 is 5.39. The molecule has 1 heterocycles. The monoisotopic (exact) mass is 245 g/mol. The first-order valence-corrected chi connectivity index (χ1v) is 6.37. The average molecular weight is 245 g/mol. The van der Waals surface area contributed by atoms with Gasteiger partial charge in [-0.3, -0.25) is 4.79 Å². The molecule has 4 heteroatoms. The molecule has 0 radical (unpaired) electrons. The summed E-state index contributed by atoms with van der Waals surface area (Å²) in [4.78, 5) is 25.5. The van der Waals surface area contributed by atoms with Gasteiger partial charge in [-0.05, 0) is 31.4 Å². The van der Waals surface area contributed by atoms with Crippen LogP contribution in [-0.4, -0.2) is 18.1 Å². The van der Waals surface area contributed by atoms with Crippen LogP contribution in [0.5, 0.6) is 0 Å². The van der Waals surface area contributed by atoms with Gasteiger partial charge in [0.05, 0.1) is 11.6 Å². The summed E-state index contributed by atoms with van der Waals surface area (Å²) >= 11 is 0. The number of amides is 2. The molecule has 2 amide bonds. The van der Waals surface area contributed by atoms with Crippen LogP contribution in [0.15, 0.2) is 30.3 Å². The summed E-state index contributed by atoms with van der Waals surface area (Å²) in [7, 11) is 0. The number of carbonyl (C=O) groups is 2. The maximum absolute atomic E-state index is 12.4. The first-order chi connectivity index (χ1) is 8.77. The quantitative estimate of drug-likeness (QED) is 0.764. The van der Waals surface area contributed by atoms with E-state index in [9.17, 15) is 9.59 Å². The van der Waals surface area contributed by atoms with E-state index in [1.54, 1.807) is 12.1 Å². The lowest BCUT2D eigenvalue weighted by Crippen LogP contribution is -2.53. The molecule has 94 valence electrons. The molecule has 0 spiro atoms. The zero-order valence-corrected chi connectivity index (χ0v) is 10.0. The van der Waals surface area contributed by atoms with Crippen LogP contribution in [0, 0.1) is 5.92 Å². The molecule has 1 aromatic rings. The third kappa shape index (κ3) is 1.78. The Labute approximate surface area is 106 Å². The molecule has 0 aromatic heterocycles. The van der Waals surface area contributed by atoms with Crippen molar-refractivity contribution in [2.45, 2.75) is 31.8 Å². The summed E-state index contributed by atoms with van der Waals surface area (Å²) in [6, 6.07) is 8.98. The molecule has 18 heavy (non-hydrogen) atoms. The van der Waals surface area contributed by atoms with Crippen molar-refractivity contribution in [1.82, 2.24) is 0 Å². The number of para-hydroxylation sites is 1. The highest BCUT2D eigenvalue weighted by Crippen LogP contribution is 2.34. The van der Waals surface area contributed by atoms with Crippen molar-refractivity contribution in [3.8, 4) is 0 Å². The van der Waals surface area contributed by atoms with Gasteiger partial charge in [0, 0.05) is 0 Å². The van der Waals surface area contributed by atoms with E-state index in [0.717, 1.165) is 25.7 Å². The Morgan fingerprint density at radius 2 is 1.78 bits per heavy atom. The average Bonchev–Trinajstić information content (AvgIpc) is 2.40. The van der Waals surface area contributed by atoms with E-state index in [-0.39, 0.29) is 17.9 Å². The molecule has 2 atom stereocenters. The summed E-state index contributed by atoms with van der Waals surface area (Å²) in [5.41, 5.74) is 0.594. The fourth-order valence-electron chi connectivity index (χ4n) is 2.77. The zero-order chi connectivity index (χ0) is 12.5. The summed E-state index contributed by atoms with van der Waals surface area (Å²) in [6.45, 7) is 0. The largest absolute Gasteiger partial charge is 0.445 e. The van der Waals surface area contributed by atoms with Gasteiger partial charge in [0.1, 0.15) is 6.10 Å². The highest BCUT2D eigenvalue weighted by molar-refractivity contribution is 6.14. The van der Waals surface area contributed by atoms with Gasteiger partial charge in [0.15, 0.2) is 0 Å². The predicted molar refractivity (Wildman–Crippen MR) is 66.2 cm³/mol.